The summed E-state index contributed by atoms with van der Waals surface area (Å²) in [5.41, 5.74) is 4.37. The highest BCUT2D eigenvalue weighted by molar-refractivity contribution is 4.72. The summed E-state index contributed by atoms with van der Waals surface area (Å²) < 4.78 is 1.04. The molecule has 0 amide bonds. The van der Waals surface area contributed by atoms with Crippen LogP contribution in [0.1, 0.15) is 13.0 Å². The maximum absolute atomic E-state index is 10.9. The Kier molecular flexibility index (Phi) is 1.95. The fourth-order valence-corrected chi connectivity index (χ4v) is 0.825. The van der Waals surface area contributed by atoms with Crippen LogP contribution in [0.3, 0.4) is 0 Å². The molecule has 0 aliphatic carbocycles. The summed E-state index contributed by atoms with van der Waals surface area (Å²) in [5.74, 6) is 0. The molecule has 62 valence electrons. The molecule has 1 unspecified atom stereocenters. The molecule has 0 aromatic carbocycles. The molecule has 11 heavy (non-hydrogen) atoms. The highest BCUT2D eigenvalue weighted by Gasteiger charge is 2.08. The molecule has 1 aromatic heterocycles. The molecular weight excluding hydrogens is 148 g/mol. The molecule has 0 fully saturated rings. The third kappa shape index (κ3) is 1.25. The van der Waals surface area contributed by atoms with Gasteiger partial charge in [-0.2, -0.15) is 0 Å². The van der Waals surface area contributed by atoms with E-state index in [0.717, 1.165) is 4.57 Å². The van der Waals surface area contributed by atoms with Crippen molar-refractivity contribution in [3.63, 3.8) is 0 Å². The fraction of sp³-hybridized carbons (Fsp3) is 0.600. The zero-order valence-electron chi connectivity index (χ0n) is 6.13. The number of H-pyrrole nitrogens is 2. The van der Waals surface area contributed by atoms with Gasteiger partial charge in [-0.15, -0.1) is 0 Å². The quantitative estimate of drug-likeness (QED) is 0.482. The molecule has 0 radical (unpaired) electrons. The lowest BCUT2D eigenvalue weighted by Gasteiger charge is -2.04. The second-order valence-electron chi connectivity index (χ2n) is 2.32. The number of nitrogens with two attached hydrogens (primary N) is 1. The second-order valence-corrected chi connectivity index (χ2v) is 2.32. The van der Waals surface area contributed by atoms with Crippen LogP contribution in [0.2, 0.25) is 0 Å². The molecule has 0 saturated heterocycles. The highest BCUT2D eigenvalue weighted by Crippen LogP contribution is 1.91. The Balaban J connectivity index is 3.21. The second kappa shape index (κ2) is 2.75. The van der Waals surface area contributed by atoms with Crippen molar-refractivity contribution in [1.82, 2.24) is 14.8 Å². The van der Waals surface area contributed by atoms with Gasteiger partial charge >= 0.3 is 11.4 Å². The van der Waals surface area contributed by atoms with Crippen LogP contribution >= 0.6 is 0 Å². The lowest BCUT2D eigenvalue weighted by Crippen LogP contribution is -2.33. The molecule has 0 saturated carbocycles. The van der Waals surface area contributed by atoms with Crippen LogP contribution in [0.15, 0.2) is 9.59 Å². The van der Waals surface area contributed by atoms with Gasteiger partial charge < -0.3 is 5.73 Å². The van der Waals surface area contributed by atoms with E-state index in [2.05, 4.69) is 10.2 Å². The Hall–Kier alpha value is -1.30. The minimum Gasteiger partial charge on any atom is -0.328 e. The molecule has 0 aliphatic rings. The molecule has 6 heteroatoms. The fourth-order valence-electron chi connectivity index (χ4n) is 0.825. The van der Waals surface area contributed by atoms with E-state index in [1.54, 1.807) is 6.92 Å². The normalized spacial score (nSPS) is 13.3. The van der Waals surface area contributed by atoms with Gasteiger partial charge in [-0.05, 0) is 6.92 Å². The van der Waals surface area contributed by atoms with Crippen molar-refractivity contribution in [2.75, 3.05) is 6.54 Å². The largest absolute Gasteiger partial charge is 0.344 e. The molecule has 1 atom stereocenters. The topological polar surface area (TPSA) is 96.7 Å². The summed E-state index contributed by atoms with van der Waals surface area (Å²) in [6.45, 7) is 1.96. The Morgan fingerprint density at radius 2 is 1.91 bits per heavy atom. The van der Waals surface area contributed by atoms with Crippen LogP contribution < -0.4 is 17.1 Å². The lowest BCUT2D eigenvalue weighted by atomic mass is 10.3. The molecule has 1 heterocycles. The summed E-state index contributed by atoms with van der Waals surface area (Å²) in [6, 6.07) is -0.266. The van der Waals surface area contributed by atoms with Crippen LogP contribution in [0.5, 0.6) is 0 Å². The van der Waals surface area contributed by atoms with E-state index in [9.17, 15) is 9.59 Å². The Morgan fingerprint density at radius 1 is 1.45 bits per heavy atom. The minimum atomic E-state index is -0.451. The standard InChI is InChI=1S/C5H10N4O2/c1-3(2-6)9-4(10)7-8-5(9)11/h3H,2,6H2,1H3,(H,7,10)(H,8,11). The van der Waals surface area contributed by atoms with Crippen molar-refractivity contribution in [2.24, 2.45) is 5.73 Å². The van der Waals surface area contributed by atoms with Crippen molar-refractivity contribution < 1.29 is 0 Å². The van der Waals surface area contributed by atoms with Gasteiger partial charge in [0.2, 0.25) is 0 Å². The van der Waals surface area contributed by atoms with E-state index in [-0.39, 0.29) is 12.6 Å². The summed E-state index contributed by atoms with van der Waals surface area (Å²) in [4.78, 5) is 21.7. The summed E-state index contributed by atoms with van der Waals surface area (Å²) in [5, 5.41) is 4.33. The molecule has 0 aliphatic heterocycles. The molecule has 1 aromatic rings. The smallest absolute Gasteiger partial charge is 0.328 e. The van der Waals surface area contributed by atoms with Gasteiger partial charge in [-0.1, -0.05) is 0 Å². The zero-order chi connectivity index (χ0) is 8.43. The van der Waals surface area contributed by atoms with Crippen molar-refractivity contribution in [3.05, 3.63) is 21.0 Å². The number of aromatic amines is 2. The van der Waals surface area contributed by atoms with Gasteiger partial charge in [-0.25, -0.2) is 24.4 Å². The minimum absolute atomic E-state index is 0.265. The molecule has 1 rings (SSSR count). The monoisotopic (exact) mass is 158 g/mol. The maximum atomic E-state index is 10.9. The molecule has 4 N–H and O–H groups in total. The lowest BCUT2D eigenvalue weighted by molar-refractivity contribution is 0.526. The first-order chi connectivity index (χ1) is 5.16. The molecule has 0 spiro atoms. The predicted molar refractivity (Wildman–Crippen MR) is 39.4 cm³/mol. The van der Waals surface area contributed by atoms with Gasteiger partial charge in [-0.3, -0.25) is 0 Å². The van der Waals surface area contributed by atoms with Crippen molar-refractivity contribution in [1.29, 1.82) is 0 Å². The van der Waals surface area contributed by atoms with Gasteiger partial charge in [0.25, 0.3) is 0 Å². The van der Waals surface area contributed by atoms with E-state index < -0.39 is 11.4 Å². The van der Waals surface area contributed by atoms with E-state index >= 15 is 0 Å². The summed E-state index contributed by atoms with van der Waals surface area (Å²) in [7, 11) is 0. The van der Waals surface area contributed by atoms with Crippen molar-refractivity contribution in [3.8, 4) is 0 Å². The average molecular weight is 158 g/mol. The average Bonchev–Trinajstić information content (AvgIpc) is 2.30. The van der Waals surface area contributed by atoms with Gasteiger partial charge in [0.05, 0.1) is 6.04 Å². The van der Waals surface area contributed by atoms with Crippen molar-refractivity contribution in [2.45, 2.75) is 13.0 Å². The Morgan fingerprint density at radius 3 is 2.27 bits per heavy atom. The van der Waals surface area contributed by atoms with Crippen LogP contribution in [0.4, 0.5) is 0 Å². The Labute approximate surface area is 62.0 Å². The number of rotatable bonds is 2. The van der Waals surface area contributed by atoms with Crippen molar-refractivity contribution >= 4 is 0 Å². The summed E-state index contributed by atoms with van der Waals surface area (Å²) in [6.07, 6.45) is 0. The van der Waals surface area contributed by atoms with E-state index in [1.807, 2.05) is 0 Å². The highest BCUT2D eigenvalue weighted by atomic mass is 16.2. The van der Waals surface area contributed by atoms with Crippen LogP contribution in [-0.2, 0) is 0 Å². The molecular formula is C5H10N4O2. The summed E-state index contributed by atoms with van der Waals surface area (Å²) >= 11 is 0. The van der Waals surface area contributed by atoms with Crippen LogP contribution in [0, 0.1) is 0 Å². The predicted octanol–water partition coefficient (Wildman–Crippen LogP) is -1.62. The maximum Gasteiger partial charge on any atom is 0.344 e. The van der Waals surface area contributed by atoms with E-state index in [4.69, 9.17) is 5.73 Å². The number of nitrogens with zero attached hydrogens (tertiary/aromatic N) is 1. The van der Waals surface area contributed by atoms with Crippen LogP contribution in [0.25, 0.3) is 0 Å². The number of hydrogen-bond acceptors (Lipinski definition) is 3. The first-order valence-corrected chi connectivity index (χ1v) is 3.26. The molecule has 0 bridgehead atoms. The van der Waals surface area contributed by atoms with E-state index in [1.165, 1.54) is 0 Å². The SMILES string of the molecule is CC(CN)n1c(=O)[nH][nH]c1=O. The Bertz CT molecular complexity index is 305. The van der Waals surface area contributed by atoms with Gasteiger partial charge in [0.1, 0.15) is 0 Å². The number of aromatic nitrogens is 3. The third-order valence-electron chi connectivity index (χ3n) is 1.50. The van der Waals surface area contributed by atoms with Gasteiger partial charge in [0.15, 0.2) is 0 Å². The molecule has 6 nitrogen and oxygen atoms in total. The zero-order valence-corrected chi connectivity index (χ0v) is 6.13. The van der Waals surface area contributed by atoms with Crippen LogP contribution in [-0.4, -0.2) is 21.3 Å². The van der Waals surface area contributed by atoms with E-state index in [0.29, 0.717) is 0 Å². The number of nitrogens with one attached hydrogen (secondary N) is 2. The van der Waals surface area contributed by atoms with Gasteiger partial charge in [0, 0.05) is 6.54 Å². The first-order valence-electron chi connectivity index (χ1n) is 3.26. The third-order valence-corrected chi connectivity index (χ3v) is 1.50. The first kappa shape index (κ1) is 7.80. The number of hydrogen-bond donors (Lipinski definition) is 3.